The van der Waals surface area contributed by atoms with Gasteiger partial charge < -0.3 is 14.6 Å². The van der Waals surface area contributed by atoms with Gasteiger partial charge in [-0.25, -0.2) is 5.01 Å². The zero-order chi connectivity index (χ0) is 20.6. The zero-order valence-corrected chi connectivity index (χ0v) is 16.7. The summed E-state index contributed by atoms with van der Waals surface area (Å²) in [5.74, 6) is 0.473. The summed E-state index contributed by atoms with van der Waals surface area (Å²) in [6.45, 7) is 1.39. The molecule has 9 nitrogen and oxygen atoms in total. The summed E-state index contributed by atoms with van der Waals surface area (Å²) in [4.78, 5) is 27.1. The van der Waals surface area contributed by atoms with Crippen LogP contribution in [0.5, 0.6) is 17.4 Å². The van der Waals surface area contributed by atoms with E-state index in [1.165, 1.54) is 37.8 Å². The van der Waals surface area contributed by atoms with Crippen molar-refractivity contribution in [3.63, 3.8) is 0 Å². The predicted octanol–water partition coefficient (Wildman–Crippen LogP) is 1.86. The zero-order valence-electron chi connectivity index (χ0n) is 15.8. The topological polar surface area (TPSA) is 109 Å². The minimum atomic E-state index is -0.559. The largest absolute Gasteiger partial charge is 0.494 e. The number of carbonyl (C=O) groups excluding carboxylic acids is 1. The third kappa shape index (κ3) is 3.26. The van der Waals surface area contributed by atoms with Crippen molar-refractivity contribution in [2.24, 2.45) is 12.1 Å². The molecule has 0 saturated heterocycles. The van der Waals surface area contributed by atoms with Gasteiger partial charge in [0.15, 0.2) is 16.3 Å². The van der Waals surface area contributed by atoms with E-state index in [1.54, 1.807) is 18.2 Å². The third-order valence-corrected chi connectivity index (χ3v) is 4.98. The molecule has 2 heterocycles. The van der Waals surface area contributed by atoms with Crippen LogP contribution in [0.25, 0.3) is 0 Å². The Balaban J connectivity index is 2.08. The second-order valence-electron chi connectivity index (χ2n) is 6.26. The van der Waals surface area contributed by atoms with Crippen LogP contribution in [-0.4, -0.2) is 45.5 Å². The van der Waals surface area contributed by atoms with Gasteiger partial charge in [-0.1, -0.05) is 6.07 Å². The van der Waals surface area contributed by atoms with E-state index in [9.17, 15) is 14.7 Å². The lowest BCUT2D eigenvalue weighted by Gasteiger charge is -2.21. The normalized spacial score (nSPS) is 16.1. The first-order chi connectivity index (χ1) is 13.3. The van der Waals surface area contributed by atoms with Crippen LogP contribution < -0.4 is 15.0 Å². The Morgan fingerprint density at radius 1 is 1.32 bits per heavy atom. The van der Waals surface area contributed by atoms with Crippen LogP contribution in [0, 0.1) is 4.77 Å². The van der Waals surface area contributed by atoms with Crippen LogP contribution in [0.4, 0.5) is 0 Å². The molecule has 1 aliphatic rings. The van der Waals surface area contributed by atoms with E-state index in [2.05, 4.69) is 10.1 Å². The number of aromatic amines is 1. The van der Waals surface area contributed by atoms with Crippen molar-refractivity contribution in [1.82, 2.24) is 14.6 Å². The van der Waals surface area contributed by atoms with Crippen molar-refractivity contribution >= 4 is 23.8 Å². The highest BCUT2D eigenvalue weighted by Gasteiger charge is 2.34. The average Bonchev–Trinajstić information content (AvgIpc) is 3.10. The molecular weight excluding hydrogens is 384 g/mol. The summed E-state index contributed by atoms with van der Waals surface area (Å²) in [7, 11) is 4.59. The van der Waals surface area contributed by atoms with Crippen molar-refractivity contribution in [3.05, 3.63) is 44.5 Å². The number of rotatable bonds is 4. The van der Waals surface area contributed by atoms with Gasteiger partial charge >= 0.3 is 0 Å². The van der Waals surface area contributed by atoms with Gasteiger partial charge in [0.25, 0.3) is 5.56 Å². The summed E-state index contributed by atoms with van der Waals surface area (Å²) < 4.78 is 11.9. The molecule has 0 radical (unpaired) electrons. The Morgan fingerprint density at radius 2 is 2.00 bits per heavy atom. The second-order valence-corrected chi connectivity index (χ2v) is 6.65. The first-order valence-corrected chi connectivity index (χ1v) is 8.81. The summed E-state index contributed by atoms with van der Waals surface area (Å²) >= 11 is 5.00. The highest BCUT2D eigenvalue weighted by molar-refractivity contribution is 7.71. The molecule has 148 valence electrons. The van der Waals surface area contributed by atoms with Gasteiger partial charge in [-0.3, -0.25) is 19.1 Å². The lowest BCUT2D eigenvalue weighted by molar-refractivity contribution is -0.130. The summed E-state index contributed by atoms with van der Waals surface area (Å²) in [5.41, 5.74) is 0.479. The first kappa shape index (κ1) is 19.6. The van der Waals surface area contributed by atoms with Crippen LogP contribution in [-0.2, 0) is 11.8 Å². The van der Waals surface area contributed by atoms with Crippen molar-refractivity contribution in [2.45, 2.75) is 19.4 Å². The van der Waals surface area contributed by atoms with Crippen molar-refractivity contribution in [1.29, 1.82) is 0 Å². The molecule has 10 heteroatoms. The minimum Gasteiger partial charge on any atom is -0.494 e. The smallest absolute Gasteiger partial charge is 0.264 e. The number of methoxy groups -OCH3 is 2. The SMILES string of the molecule is COc1ccc([C@H]2CC(c3c(O)n(C)c(=S)[nH]c3=O)=NN2C(C)=O)cc1OC. The van der Waals surface area contributed by atoms with Crippen molar-refractivity contribution < 1.29 is 19.4 Å². The number of aromatic nitrogens is 2. The molecule has 28 heavy (non-hydrogen) atoms. The quantitative estimate of drug-likeness (QED) is 0.753. The third-order valence-electron chi connectivity index (χ3n) is 4.61. The fraction of sp³-hybridized carbons (Fsp3) is 0.333. The summed E-state index contributed by atoms with van der Waals surface area (Å²) in [5, 5.41) is 16.0. The number of nitrogens with one attached hydrogen (secondary N) is 1. The molecule has 0 spiro atoms. The lowest BCUT2D eigenvalue weighted by atomic mass is 9.98. The number of aromatic hydroxyl groups is 1. The van der Waals surface area contributed by atoms with Gasteiger partial charge in [-0.05, 0) is 29.9 Å². The minimum absolute atomic E-state index is 0.00896. The Morgan fingerprint density at radius 3 is 2.61 bits per heavy atom. The maximum atomic E-state index is 12.4. The standard InChI is InChI=1S/C18H20N4O5S/c1-9(23)22-12(10-5-6-13(26-3)14(7-10)27-4)8-11(20-22)15-16(24)19-18(28)21(2)17(15)25/h5-7,12,25H,8H2,1-4H3,(H,19,24,28)/t12-/m1/s1. The van der Waals surface area contributed by atoms with Gasteiger partial charge in [-0.2, -0.15) is 5.10 Å². The molecule has 0 fully saturated rings. The van der Waals surface area contributed by atoms with Crippen LogP contribution >= 0.6 is 12.2 Å². The molecular formula is C18H20N4O5S. The van der Waals surface area contributed by atoms with Crippen molar-refractivity contribution in [2.75, 3.05) is 14.2 Å². The molecule has 2 aromatic rings. The van der Waals surface area contributed by atoms with Crippen LogP contribution in [0.1, 0.15) is 30.5 Å². The van der Waals surface area contributed by atoms with Crippen LogP contribution in [0.2, 0.25) is 0 Å². The maximum Gasteiger partial charge on any atom is 0.264 e. The molecule has 0 bridgehead atoms. The first-order valence-electron chi connectivity index (χ1n) is 8.40. The summed E-state index contributed by atoms with van der Waals surface area (Å²) in [6.07, 6.45) is 0.239. The van der Waals surface area contributed by atoms with Gasteiger partial charge in [-0.15, -0.1) is 0 Å². The number of hydrogen-bond donors (Lipinski definition) is 2. The lowest BCUT2D eigenvalue weighted by Crippen LogP contribution is -2.24. The fourth-order valence-corrected chi connectivity index (χ4v) is 3.32. The predicted molar refractivity (Wildman–Crippen MR) is 104 cm³/mol. The Hall–Kier alpha value is -3.14. The van der Waals surface area contributed by atoms with E-state index in [0.717, 1.165) is 5.56 Å². The number of nitrogens with zero attached hydrogens (tertiary/aromatic N) is 3. The Kier molecular flexibility index (Phi) is 5.23. The molecule has 0 aliphatic carbocycles. The van der Waals surface area contributed by atoms with E-state index in [-0.39, 0.29) is 28.5 Å². The van der Waals surface area contributed by atoms with Gasteiger partial charge in [0.1, 0.15) is 5.56 Å². The van der Waals surface area contributed by atoms with Crippen molar-refractivity contribution in [3.8, 4) is 17.4 Å². The van der Waals surface area contributed by atoms with E-state index in [0.29, 0.717) is 17.2 Å². The second kappa shape index (κ2) is 7.47. The molecule has 1 aromatic carbocycles. The van der Waals surface area contributed by atoms with E-state index >= 15 is 0 Å². The number of hydrazone groups is 1. The molecule has 3 rings (SSSR count). The molecule has 1 amide bonds. The van der Waals surface area contributed by atoms with Crippen LogP contribution in [0.3, 0.4) is 0 Å². The molecule has 0 saturated carbocycles. The summed E-state index contributed by atoms with van der Waals surface area (Å²) in [6, 6.07) is 4.84. The number of H-pyrrole nitrogens is 1. The van der Waals surface area contributed by atoms with E-state index in [1.807, 2.05) is 0 Å². The molecule has 1 aliphatic heterocycles. The number of benzene rings is 1. The Bertz CT molecular complexity index is 1090. The molecule has 2 N–H and O–H groups in total. The number of ether oxygens (including phenoxy) is 2. The van der Waals surface area contributed by atoms with E-state index < -0.39 is 11.6 Å². The molecule has 0 unspecified atom stereocenters. The highest BCUT2D eigenvalue weighted by atomic mass is 32.1. The maximum absolute atomic E-state index is 12.4. The fourth-order valence-electron chi connectivity index (χ4n) is 3.14. The molecule has 1 aromatic heterocycles. The monoisotopic (exact) mass is 404 g/mol. The van der Waals surface area contributed by atoms with Crippen LogP contribution in [0.15, 0.2) is 28.1 Å². The number of amides is 1. The molecule has 1 atom stereocenters. The highest BCUT2D eigenvalue weighted by Crippen LogP contribution is 2.37. The Labute approximate surface area is 165 Å². The van der Waals surface area contributed by atoms with Gasteiger partial charge in [0.05, 0.1) is 26.0 Å². The van der Waals surface area contributed by atoms with Gasteiger partial charge in [0, 0.05) is 20.4 Å². The van der Waals surface area contributed by atoms with E-state index in [4.69, 9.17) is 21.7 Å². The number of carbonyl (C=O) groups is 1. The average molecular weight is 404 g/mol. The number of hydrogen-bond acceptors (Lipinski definition) is 7. The van der Waals surface area contributed by atoms with Gasteiger partial charge in [0.2, 0.25) is 11.8 Å².